The van der Waals surface area contributed by atoms with Crippen LogP contribution < -0.4 is 26.4 Å². The fraction of sp³-hybridized carbons (Fsp3) is 0.607. The van der Waals surface area contributed by atoms with Gasteiger partial charge in [0, 0.05) is 24.8 Å². The molecule has 5 atom stereocenters. The maximum Gasteiger partial charge on any atom is 0.218 e. The smallest absolute Gasteiger partial charge is 0.218 e. The van der Waals surface area contributed by atoms with Crippen molar-refractivity contribution >= 4 is 16.0 Å². The van der Waals surface area contributed by atoms with E-state index in [0.717, 1.165) is 53.2 Å². The predicted molar refractivity (Wildman–Crippen MR) is 150 cm³/mol. The van der Waals surface area contributed by atoms with Gasteiger partial charge in [-0.15, -0.1) is 0 Å². The third-order valence-electron chi connectivity index (χ3n) is 8.32. The summed E-state index contributed by atoms with van der Waals surface area (Å²) in [7, 11) is -3.55. The number of hydrogen-bond donors (Lipinski definition) is 5. The lowest BCUT2D eigenvalue weighted by molar-refractivity contribution is 0.523. The maximum atomic E-state index is 13.4. The molecule has 9 heteroatoms. The lowest BCUT2D eigenvalue weighted by Crippen LogP contribution is -2.47. The van der Waals surface area contributed by atoms with Crippen LogP contribution in [-0.2, 0) is 10.0 Å². The summed E-state index contributed by atoms with van der Waals surface area (Å²) >= 11 is 0. The Kier molecular flexibility index (Phi) is 6.92. The number of nitrogens with two attached hydrogens (primary N) is 1. The highest BCUT2D eigenvalue weighted by Gasteiger charge is 2.41. The van der Waals surface area contributed by atoms with Gasteiger partial charge in [0.1, 0.15) is 5.54 Å². The lowest BCUT2D eigenvalue weighted by Gasteiger charge is -2.30. The Morgan fingerprint density at radius 2 is 2.00 bits per heavy atom. The van der Waals surface area contributed by atoms with Gasteiger partial charge in [0.2, 0.25) is 10.0 Å². The first-order chi connectivity index (χ1) is 17.5. The highest BCUT2D eigenvalue weighted by atomic mass is 32.2. The molecule has 37 heavy (non-hydrogen) atoms. The van der Waals surface area contributed by atoms with Gasteiger partial charge >= 0.3 is 0 Å². The summed E-state index contributed by atoms with van der Waals surface area (Å²) in [6.45, 7) is 11.1. The average molecular weight is 527 g/mol. The van der Waals surface area contributed by atoms with Crippen LogP contribution in [0.15, 0.2) is 63.4 Å². The van der Waals surface area contributed by atoms with Gasteiger partial charge in [-0.1, -0.05) is 43.7 Å². The van der Waals surface area contributed by atoms with Crippen LogP contribution in [0.4, 0.5) is 0 Å². The first kappa shape index (κ1) is 26.3. The van der Waals surface area contributed by atoms with E-state index in [1.807, 2.05) is 32.9 Å². The minimum absolute atomic E-state index is 0.0563. The van der Waals surface area contributed by atoms with Gasteiger partial charge in [-0.25, -0.2) is 18.1 Å². The van der Waals surface area contributed by atoms with Gasteiger partial charge in [-0.05, 0) is 74.7 Å². The average Bonchev–Trinajstić information content (AvgIpc) is 3.58. The molecular formula is C28H42N6O2S. The molecule has 8 nitrogen and oxygen atoms in total. The van der Waals surface area contributed by atoms with Crippen molar-refractivity contribution in [2.24, 2.45) is 22.6 Å². The quantitative estimate of drug-likeness (QED) is 0.331. The second-order valence-corrected chi connectivity index (χ2v) is 13.9. The molecule has 0 spiro atoms. The number of fused-ring (bicyclic) bond motifs is 1. The Morgan fingerprint density at radius 1 is 1.24 bits per heavy atom. The second-order valence-electron chi connectivity index (χ2n) is 11.8. The van der Waals surface area contributed by atoms with Crippen molar-refractivity contribution in [2.45, 2.75) is 82.8 Å². The molecule has 1 unspecified atom stereocenters. The van der Waals surface area contributed by atoms with Crippen molar-refractivity contribution in [3.63, 3.8) is 0 Å². The Labute approximate surface area is 221 Å². The van der Waals surface area contributed by atoms with E-state index in [1.165, 1.54) is 0 Å². The molecule has 0 bridgehead atoms. The zero-order valence-electron chi connectivity index (χ0n) is 22.6. The van der Waals surface area contributed by atoms with Crippen LogP contribution in [0.25, 0.3) is 0 Å². The van der Waals surface area contributed by atoms with Crippen LogP contribution in [-0.4, -0.2) is 56.4 Å². The molecule has 5 rings (SSSR count). The zero-order chi connectivity index (χ0) is 26.5. The highest BCUT2D eigenvalue weighted by molar-refractivity contribution is 7.90. The molecule has 5 aliphatic rings. The molecule has 202 valence electrons. The van der Waals surface area contributed by atoms with Crippen LogP contribution >= 0.6 is 0 Å². The van der Waals surface area contributed by atoms with E-state index in [4.69, 9.17) is 10.7 Å². The highest BCUT2D eigenvalue weighted by Crippen LogP contribution is 2.41. The molecule has 0 aromatic carbocycles. The van der Waals surface area contributed by atoms with Crippen molar-refractivity contribution in [1.29, 1.82) is 0 Å². The first-order valence-electron chi connectivity index (χ1n) is 13.6. The molecule has 0 aromatic rings. The minimum Gasteiger partial charge on any atom is -0.384 e. The number of rotatable bonds is 8. The molecule has 1 fully saturated rings. The van der Waals surface area contributed by atoms with E-state index >= 15 is 0 Å². The Bertz CT molecular complexity index is 1240. The molecule has 0 saturated heterocycles. The minimum atomic E-state index is -3.55. The predicted octanol–water partition coefficient (Wildman–Crippen LogP) is 2.36. The van der Waals surface area contributed by atoms with Crippen LogP contribution in [0.1, 0.15) is 53.9 Å². The van der Waals surface area contributed by atoms with E-state index in [9.17, 15) is 8.42 Å². The van der Waals surface area contributed by atoms with Gasteiger partial charge < -0.3 is 21.7 Å². The van der Waals surface area contributed by atoms with E-state index in [0.29, 0.717) is 19.0 Å². The number of hydrogen-bond acceptors (Lipinski definition) is 7. The van der Waals surface area contributed by atoms with Crippen molar-refractivity contribution < 1.29 is 8.42 Å². The number of nitrogens with one attached hydrogen (secondary N) is 4. The second kappa shape index (κ2) is 9.75. The molecule has 1 saturated carbocycles. The molecule has 2 heterocycles. The van der Waals surface area contributed by atoms with E-state index in [-0.39, 0.29) is 29.6 Å². The summed E-state index contributed by atoms with van der Waals surface area (Å²) in [5.41, 5.74) is 11.6. The fourth-order valence-electron chi connectivity index (χ4n) is 5.73. The standard InChI is InChI=1S/C28H42N6O2S/c1-16(2)14-31-37(35,36)18(4)20-12-23(19-9-10-19)30-15-21(20)26-17(3)22(29)13-24(26)32-27-33-25-8-6-7-11-28(25,5)34-27/h6-8,11-12,16,18-19,22,24-25,30-31H,9-10,13-15,29H2,1-5H3,(H2,32,33,34)/t18-,22-,24-,25?,28+/m0/s1. The van der Waals surface area contributed by atoms with E-state index in [1.54, 1.807) is 0 Å². The summed E-state index contributed by atoms with van der Waals surface area (Å²) in [4.78, 5) is 4.96. The van der Waals surface area contributed by atoms with Crippen LogP contribution in [0.5, 0.6) is 0 Å². The van der Waals surface area contributed by atoms with Gasteiger partial charge in [-0.3, -0.25) is 0 Å². The van der Waals surface area contributed by atoms with E-state index in [2.05, 4.69) is 52.7 Å². The Hall–Kier alpha value is -2.36. The van der Waals surface area contributed by atoms with E-state index < -0.39 is 15.3 Å². The third-order valence-corrected chi connectivity index (χ3v) is 10.1. The first-order valence-corrected chi connectivity index (χ1v) is 15.2. The van der Waals surface area contributed by atoms with Crippen molar-refractivity contribution in [1.82, 2.24) is 20.7 Å². The molecule has 0 radical (unpaired) electrons. The third kappa shape index (κ3) is 5.18. The molecule has 0 aromatic heterocycles. The molecule has 2 aliphatic heterocycles. The Morgan fingerprint density at radius 3 is 2.68 bits per heavy atom. The SMILES string of the molecule is CC1=C(C2=C([C@H](C)S(=O)(=O)NCC(C)C)C=C(C3CC3)NC2)[C@@H](NC2=N[C@]3(C)C=CC=CC3N2)C[C@@H]1N. The molecule has 3 aliphatic carbocycles. The van der Waals surface area contributed by atoms with Crippen molar-refractivity contribution in [3.8, 4) is 0 Å². The molecule has 0 amide bonds. The van der Waals surface area contributed by atoms with Gasteiger partial charge in [-0.2, -0.15) is 0 Å². The summed E-state index contributed by atoms with van der Waals surface area (Å²) in [5.74, 6) is 1.50. The topological polar surface area (TPSA) is 121 Å². The number of sulfonamides is 1. The Balaban J connectivity index is 1.50. The summed E-state index contributed by atoms with van der Waals surface area (Å²) < 4.78 is 29.6. The van der Waals surface area contributed by atoms with Crippen molar-refractivity contribution in [3.05, 3.63) is 58.4 Å². The number of dihydropyridines is 1. The monoisotopic (exact) mass is 526 g/mol. The van der Waals surface area contributed by atoms with Crippen LogP contribution in [0.3, 0.4) is 0 Å². The number of guanidine groups is 1. The fourth-order valence-corrected chi connectivity index (χ4v) is 7.09. The molecular weight excluding hydrogens is 484 g/mol. The number of aliphatic imine (C=N–C) groups is 1. The van der Waals surface area contributed by atoms with Gasteiger partial charge in [0.05, 0.1) is 17.3 Å². The van der Waals surface area contributed by atoms with Gasteiger partial charge in [0.25, 0.3) is 0 Å². The summed E-state index contributed by atoms with van der Waals surface area (Å²) in [5, 5.41) is 10.1. The number of allylic oxidation sites excluding steroid dienone is 4. The molecule has 6 N–H and O–H groups in total. The van der Waals surface area contributed by atoms with Crippen LogP contribution in [0, 0.1) is 11.8 Å². The largest absolute Gasteiger partial charge is 0.384 e. The summed E-state index contributed by atoms with van der Waals surface area (Å²) in [6.07, 6.45) is 13.5. The zero-order valence-corrected chi connectivity index (χ0v) is 23.5. The maximum absolute atomic E-state index is 13.4. The van der Waals surface area contributed by atoms with Crippen molar-refractivity contribution in [2.75, 3.05) is 13.1 Å². The normalized spacial score (nSPS) is 32.2. The lowest BCUT2D eigenvalue weighted by atomic mass is 9.89. The van der Waals surface area contributed by atoms with Crippen LogP contribution in [0.2, 0.25) is 0 Å². The van der Waals surface area contributed by atoms with Gasteiger partial charge in [0.15, 0.2) is 5.96 Å². The summed E-state index contributed by atoms with van der Waals surface area (Å²) in [6, 6.07) is -0.0455. The number of nitrogens with zero attached hydrogens (tertiary/aromatic N) is 1.